The van der Waals surface area contributed by atoms with Gasteiger partial charge in [-0.1, -0.05) is 19.3 Å². The lowest BCUT2D eigenvalue weighted by molar-refractivity contribution is 0.279. The highest BCUT2D eigenvalue weighted by Gasteiger charge is 2.19. The minimum atomic E-state index is 0.561. The molecule has 1 aliphatic rings. The normalized spacial score (nSPS) is 17.8. The van der Waals surface area contributed by atoms with E-state index in [1.165, 1.54) is 32.1 Å². The predicted octanol–water partition coefficient (Wildman–Crippen LogP) is 3.76. The Kier molecular flexibility index (Phi) is 5.72. The van der Waals surface area contributed by atoms with Crippen molar-refractivity contribution in [1.29, 1.82) is 0 Å². The molecule has 1 aromatic carbocycles. The minimum absolute atomic E-state index is 0.561. The monoisotopic (exact) mass is 277 g/mol. The molecular formula is C17H27NO2. The van der Waals surface area contributed by atoms with Gasteiger partial charge in [-0.05, 0) is 43.9 Å². The van der Waals surface area contributed by atoms with Crippen molar-refractivity contribution in [3.8, 4) is 11.5 Å². The van der Waals surface area contributed by atoms with Crippen molar-refractivity contribution in [3.63, 3.8) is 0 Å². The van der Waals surface area contributed by atoms with Crippen LogP contribution in [-0.2, 0) is 6.54 Å². The fourth-order valence-corrected chi connectivity index (χ4v) is 3.09. The summed E-state index contributed by atoms with van der Waals surface area (Å²) in [6.45, 7) is 3.14. The van der Waals surface area contributed by atoms with E-state index in [0.29, 0.717) is 6.04 Å². The van der Waals surface area contributed by atoms with Gasteiger partial charge in [-0.3, -0.25) is 0 Å². The summed E-state index contributed by atoms with van der Waals surface area (Å²) < 4.78 is 10.7. The lowest BCUT2D eigenvalue weighted by Crippen LogP contribution is -2.34. The van der Waals surface area contributed by atoms with Gasteiger partial charge >= 0.3 is 0 Å². The van der Waals surface area contributed by atoms with Crippen LogP contribution in [-0.4, -0.2) is 20.3 Å². The molecule has 1 saturated carbocycles. The van der Waals surface area contributed by atoms with E-state index < -0.39 is 0 Å². The third kappa shape index (κ3) is 3.89. The van der Waals surface area contributed by atoms with Crippen LogP contribution in [0.1, 0.15) is 44.6 Å². The smallest absolute Gasteiger partial charge is 0.123 e. The van der Waals surface area contributed by atoms with Gasteiger partial charge in [0.1, 0.15) is 11.5 Å². The summed E-state index contributed by atoms with van der Waals surface area (Å²) >= 11 is 0. The first-order chi connectivity index (χ1) is 9.74. The SMILES string of the molecule is COc1ccc(OC)c(CN[C@H](C)C2CCCCC2)c1. The summed E-state index contributed by atoms with van der Waals surface area (Å²) in [4.78, 5) is 0. The molecule has 0 amide bonds. The van der Waals surface area contributed by atoms with Gasteiger partial charge in [0.25, 0.3) is 0 Å². The van der Waals surface area contributed by atoms with Crippen LogP contribution < -0.4 is 14.8 Å². The van der Waals surface area contributed by atoms with Crippen molar-refractivity contribution in [2.45, 2.75) is 51.6 Å². The summed E-state index contributed by atoms with van der Waals surface area (Å²) in [6.07, 6.45) is 6.91. The van der Waals surface area contributed by atoms with Gasteiger partial charge in [0, 0.05) is 18.2 Å². The van der Waals surface area contributed by atoms with Crippen molar-refractivity contribution in [2.24, 2.45) is 5.92 Å². The molecule has 0 unspecified atom stereocenters. The van der Waals surface area contributed by atoms with Gasteiger partial charge in [0.15, 0.2) is 0 Å². The molecule has 3 nitrogen and oxygen atoms in total. The Balaban J connectivity index is 1.94. The number of hydrogen-bond donors (Lipinski definition) is 1. The predicted molar refractivity (Wildman–Crippen MR) is 82.4 cm³/mol. The van der Waals surface area contributed by atoms with Gasteiger partial charge in [0.2, 0.25) is 0 Å². The third-order valence-corrected chi connectivity index (χ3v) is 4.46. The lowest BCUT2D eigenvalue weighted by atomic mass is 9.84. The minimum Gasteiger partial charge on any atom is -0.497 e. The van der Waals surface area contributed by atoms with Crippen molar-refractivity contribution in [3.05, 3.63) is 23.8 Å². The highest BCUT2D eigenvalue weighted by molar-refractivity contribution is 5.40. The van der Waals surface area contributed by atoms with Crippen LogP contribution >= 0.6 is 0 Å². The molecule has 1 atom stereocenters. The topological polar surface area (TPSA) is 30.5 Å². The maximum Gasteiger partial charge on any atom is 0.123 e. The molecule has 2 rings (SSSR count). The van der Waals surface area contributed by atoms with E-state index in [9.17, 15) is 0 Å². The van der Waals surface area contributed by atoms with Gasteiger partial charge in [-0.15, -0.1) is 0 Å². The summed E-state index contributed by atoms with van der Waals surface area (Å²) in [7, 11) is 3.42. The van der Waals surface area contributed by atoms with Crippen LogP contribution in [0.3, 0.4) is 0 Å². The Morgan fingerprint density at radius 1 is 1.15 bits per heavy atom. The maximum absolute atomic E-state index is 5.43. The largest absolute Gasteiger partial charge is 0.497 e. The van der Waals surface area contributed by atoms with Crippen molar-refractivity contribution in [2.75, 3.05) is 14.2 Å². The van der Waals surface area contributed by atoms with Crippen LogP contribution in [0, 0.1) is 5.92 Å². The quantitative estimate of drug-likeness (QED) is 0.858. The molecule has 0 saturated heterocycles. The maximum atomic E-state index is 5.43. The van der Waals surface area contributed by atoms with Crippen LogP contribution in [0.4, 0.5) is 0 Å². The number of benzene rings is 1. The van der Waals surface area contributed by atoms with Crippen LogP contribution in [0.15, 0.2) is 18.2 Å². The van der Waals surface area contributed by atoms with Crippen molar-refractivity contribution in [1.82, 2.24) is 5.32 Å². The number of rotatable bonds is 6. The van der Waals surface area contributed by atoms with E-state index >= 15 is 0 Å². The van der Waals surface area contributed by atoms with E-state index in [0.717, 1.165) is 29.5 Å². The standard InChI is InChI=1S/C17H27NO2/c1-13(14-7-5-4-6-8-14)18-12-15-11-16(19-2)9-10-17(15)20-3/h9-11,13-14,18H,4-8,12H2,1-3H3/t13-/m1/s1. The fourth-order valence-electron chi connectivity index (χ4n) is 3.09. The first-order valence-corrected chi connectivity index (χ1v) is 7.69. The Hall–Kier alpha value is -1.22. The fraction of sp³-hybridized carbons (Fsp3) is 0.647. The van der Waals surface area contributed by atoms with Gasteiger partial charge in [0.05, 0.1) is 14.2 Å². The molecule has 0 spiro atoms. The number of ether oxygens (including phenoxy) is 2. The van der Waals surface area contributed by atoms with E-state index in [4.69, 9.17) is 9.47 Å². The van der Waals surface area contributed by atoms with E-state index in [1.807, 2.05) is 12.1 Å². The molecule has 3 heteroatoms. The molecule has 1 aliphatic carbocycles. The molecule has 0 radical (unpaired) electrons. The van der Waals surface area contributed by atoms with Crippen LogP contribution in [0.25, 0.3) is 0 Å². The zero-order valence-electron chi connectivity index (χ0n) is 12.9. The van der Waals surface area contributed by atoms with E-state index in [2.05, 4.69) is 18.3 Å². The number of methoxy groups -OCH3 is 2. The molecule has 1 fully saturated rings. The highest BCUT2D eigenvalue weighted by atomic mass is 16.5. The van der Waals surface area contributed by atoms with Gasteiger partial charge < -0.3 is 14.8 Å². The molecule has 0 aliphatic heterocycles. The zero-order valence-corrected chi connectivity index (χ0v) is 12.9. The molecule has 20 heavy (non-hydrogen) atoms. The molecule has 0 aromatic heterocycles. The number of hydrogen-bond acceptors (Lipinski definition) is 3. The Labute approximate surface area is 122 Å². The average molecular weight is 277 g/mol. The summed E-state index contributed by atoms with van der Waals surface area (Å²) in [5, 5.41) is 3.66. The first-order valence-electron chi connectivity index (χ1n) is 7.69. The van der Waals surface area contributed by atoms with Crippen molar-refractivity contribution >= 4 is 0 Å². The Bertz CT molecular complexity index is 413. The van der Waals surface area contributed by atoms with Crippen molar-refractivity contribution < 1.29 is 9.47 Å². The second-order valence-electron chi connectivity index (χ2n) is 5.75. The van der Waals surface area contributed by atoms with Gasteiger partial charge in [-0.2, -0.15) is 0 Å². The summed E-state index contributed by atoms with van der Waals surface area (Å²) in [5.74, 6) is 2.63. The van der Waals surface area contributed by atoms with Gasteiger partial charge in [-0.25, -0.2) is 0 Å². The average Bonchev–Trinajstić information content (AvgIpc) is 2.53. The Morgan fingerprint density at radius 2 is 1.90 bits per heavy atom. The van der Waals surface area contributed by atoms with E-state index in [1.54, 1.807) is 14.2 Å². The Morgan fingerprint density at radius 3 is 2.55 bits per heavy atom. The zero-order chi connectivity index (χ0) is 14.4. The van der Waals surface area contributed by atoms with Crippen LogP contribution in [0.2, 0.25) is 0 Å². The molecule has 1 N–H and O–H groups in total. The van der Waals surface area contributed by atoms with E-state index in [-0.39, 0.29) is 0 Å². The molecule has 112 valence electrons. The van der Waals surface area contributed by atoms with Crippen LogP contribution in [0.5, 0.6) is 11.5 Å². The molecule has 1 aromatic rings. The molecular weight excluding hydrogens is 250 g/mol. The summed E-state index contributed by atoms with van der Waals surface area (Å²) in [6, 6.07) is 6.53. The first kappa shape index (κ1) is 15.2. The lowest BCUT2D eigenvalue weighted by Gasteiger charge is -2.28. The molecule has 0 heterocycles. The second kappa shape index (κ2) is 7.53. The third-order valence-electron chi connectivity index (χ3n) is 4.46. The second-order valence-corrected chi connectivity index (χ2v) is 5.75. The highest BCUT2D eigenvalue weighted by Crippen LogP contribution is 2.28. The molecule has 0 bridgehead atoms. The number of nitrogens with one attached hydrogen (secondary N) is 1. The summed E-state index contributed by atoms with van der Waals surface area (Å²) in [5.41, 5.74) is 1.16.